The van der Waals surface area contributed by atoms with Crippen LogP contribution in [0.25, 0.3) is 10.2 Å². The lowest BCUT2D eigenvalue weighted by Gasteiger charge is -2.35. The number of aryl methyl sites for hydroxylation is 2. The summed E-state index contributed by atoms with van der Waals surface area (Å²) >= 11 is 1.72. The van der Waals surface area contributed by atoms with E-state index < -0.39 is 0 Å². The lowest BCUT2D eigenvalue weighted by molar-refractivity contribution is -0.135. The first-order chi connectivity index (χ1) is 16.6. The van der Waals surface area contributed by atoms with Crippen LogP contribution in [0.5, 0.6) is 0 Å². The molecule has 0 saturated carbocycles. The highest BCUT2D eigenvalue weighted by atomic mass is 32.1. The van der Waals surface area contributed by atoms with E-state index in [0.717, 1.165) is 67.3 Å². The van der Waals surface area contributed by atoms with Gasteiger partial charge in [-0.15, -0.1) is 11.3 Å². The lowest BCUT2D eigenvalue weighted by Crippen LogP contribution is -2.44. The summed E-state index contributed by atoms with van der Waals surface area (Å²) in [5.74, 6) is 2.04. The number of pyridine rings is 1. The number of hydrogen-bond donors (Lipinski definition) is 0. The second kappa shape index (κ2) is 9.55. The van der Waals surface area contributed by atoms with Crippen LogP contribution in [0.4, 0.5) is 11.6 Å². The molecule has 8 nitrogen and oxygen atoms in total. The number of piperidine rings is 1. The smallest absolute Gasteiger partial charge is 0.225 e. The number of anilines is 2. The van der Waals surface area contributed by atoms with Gasteiger partial charge in [-0.1, -0.05) is 0 Å². The van der Waals surface area contributed by atoms with Crippen molar-refractivity contribution in [3.05, 3.63) is 40.7 Å². The van der Waals surface area contributed by atoms with Crippen molar-refractivity contribution in [2.24, 2.45) is 5.92 Å². The Balaban J connectivity index is 1.22. The van der Waals surface area contributed by atoms with Gasteiger partial charge in [-0.3, -0.25) is 4.79 Å². The van der Waals surface area contributed by atoms with Gasteiger partial charge in [0.1, 0.15) is 28.9 Å². The molecule has 0 aliphatic carbocycles. The van der Waals surface area contributed by atoms with Crippen LogP contribution in [-0.4, -0.2) is 65.0 Å². The highest BCUT2D eigenvalue weighted by Gasteiger charge is 2.31. The third kappa shape index (κ3) is 4.18. The number of fused-ring (bicyclic) bond motifs is 1. The second-order valence-electron chi connectivity index (χ2n) is 9.07. The number of carbonyl (C=O) groups is 1. The van der Waals surface area contributed by atoms with Gasteiger partial charge >= 0.3 is 0 Å². The molecule has 5 heterocycles. The Kier molecular flexibility index (Phi) is 6.33. The van der Waals surface area contributed by atoms with Crippen molar-refractivity contribution in [3.8, 4) is 6.07 Å². The maximum atomic E-state index is 13.4. The zero-order chi connectivity index (χ0) is 23.7. The van der Waals surface area contributed by atoms with Crippen molar-refractivity contribution >= 4 is 39.1 Å². The zero-order valence-electron chi connectivity index (χ0n) is 19.7. The number of nitrogens with zero attached hydrogens (tertiary/aromatic N) is 7. The molecule has 0 radical (unpaired) electrons. The summed E-state index contributed by atoms with van der Waals surface area (Å²) < 4.78 is 0. The molecule has 9 heteroatoms. The minimum absolute atomic E-state index is 0.0509. The number of carbonyl (C=O) groups excluding carboxylic acids is 1. The predicted molar refractivity (Wildman–Crippen MR) is 134 cm³/mol. The van der Waals surface area contributed by atoms with Crippen LogP contribution in [0.15, 0.2) is 24.7 Å². The molecule has 2 saturated heterocycles. The normalized spacial score (nSPS) is 17.6. The van der Waals surface area contributed by atoms with Crippen LogP contribution in [0.1, 0.15) is 35.3 Å². The van der Waals surface area contributed by atoms with Crippen molar-refractivity contribution < 1.29 is 4.79 Å². The predicted octanol–water partition coefficient (Wildman–Crippen LogP) is 3.53. The molecule has 0 spiro atoms. The zero-order valence-corrected chi connectivity index (χ0v) is 20.5. The van der Waals surface area contributed by atoms with Gasteiger partial charge in [-0.05, 0) is 50.8 Å². The molecule has 0 bridgehead atoms. The number of aromatic nitrogens is 3. The first-order valence-corrected chi connectivity index (χ1v) is 12.7. The molecule has 0 unspecified atom stereocenters. The first kappa shape index (κ1) is 22.5. The maximum absolute atomic E-state index is 13.4. The van der Waals surface area contributed by atoms with Crippen molar-refractivity contribution in [2.45, 2.75) is 33.1 Å². The third-order valence-corrected chi connectivity index (χ3v) is 8.22. The van der Waals surface area contributed by atoms with Crippen molar-refractivity contribution in [2.75, 3.05) is 49.1 Å². The standard InChI is InChI=1S/C25H29N7OS/c1-17-18(2)34-24-21(17)23(28-16-29-24)31-11-6-19(7-12-31)25(33)32-10-4-9-30(13-14-32)22-20(15-26)5-3-8-27-22/h3,5,8,16,19H,4,6-7,9-14H2,1-2H3. The second-order valence-corrected chi connectivity index (χ2v) is 10.3. The highest BCUT2D eigenvalue weighted by Crippen LogP contribution is 2.35. The molecule has 2 fully saturated rings. The van der Waals surface area contributed by atoms with Gasteiger partial charge in [0.15, 0.2) is 0 Å². The minimum atomic E-state index is 0.0509. The Morgan fingerprint density at radius 2 is 1.82 bits per heavy atom. The lowest BCUT2D eigenvalue weighted by atomic mass is 9.95. The van der Waals surface area contributed by atoms with Crippen LogP contribution in [0, 0.1) is 31.1 Å². The summed E-state index contributed by atoms with van der Waals surface area (Å²) in [5.41, 5.74) is 1.85. The molecule has 1 amide bonds. The van der Waals surface area contributed by atoms with Crippen LogP contribution < -0.4 is 9.80 Å². The fraction of sp³-hybridized carbons (Fsp3) is 0.480. The number of thiophene rings is 1. The van der Waals surface area contributed by atoms with Gasteiger partial charge in [0.2, 0.25) is 5.91 Å². The topological polar surface area (TPSA) is 89.2 Å². The molecule has 2 aliphatic rings. The van der Waals surface area contributed by atoms with Gasteiger partial charge in [0, 0.05) is 56.3 Å². The summed E-state index contributed by atoms with van der Waals surface area (Å²) in [6.07, 6.45) is 5.94. The Labute approximate surface area is 203 Å². The average molecular weight is 476 g/mol. The molecule has 0 N–H and O–H groups in total. The summed E-state index contributed by atoms with van der Waals surface area (Å²) in [4.78, 5) is 35.7. The van der Waals surface area contributed by atoms with Crippen molar-refractivity contribution in [1.82, 2.24) is 19.9 Å². The number of rotatable bonds is 3. The quantitative estimate of drug-likeness (QED) is 0.572. The third-order valence-electron chi connectivity index (χ3n) is 7.10. The average Bonchev–Trinajstić information content (AvgIpc) is 3.04. The number of nitriles is 1. The molecule has 0 atom stereocenters. The van der Waals surface area contributed by atoms with Crippen LogP contribution >= 0.6 is 11.3 Å². The van der Waals surface area contributed by atoms with E-state index >= 15 is 0 Å². The molecule has 3 aromatic heterocycles. The van der Waals surface area contributed by atoms with Gasteiger partial charge in [-0.2, -0.15) is 5.26 Å². The summed E-state index contributed by atoms with van der Waals surface area (Å²) in [7, 11) is 0. The fourth-order valence-corrected chi connectivity index (χ4v) is 6.08. The van der Waals surface area contributed by atoms with E-state index in [1.165, 1.54) is 10.4 Å². The van der Waals surface area contributed by atoms with Crippen molar-refractivity contribution in [3.63, 3.8) is 0 Å². The summed E-state index contributed by atoms with van der Waals surface area (Å²) in [6.45, 7) is 8.86. The molecule has 3 aromatic rings. The van der Waals surface area contributed by atoms with Gasteiger partial charge < -0.3 is 14.7 Å². The van der Waals surface area contributed by atoms with Crippen molar-refractivity contribution in [1.29, 1.82) is 5.26 Å². The molecular weight excluding hydrogens is 446 g/mol. The van der Waals surface area contributed by atoms with E-state index in [1.807, 2.05) is 4.90 Å². The van der Waals surface area contributed by atoms with E-state index in [2.05, 4.69) is 44.7 Å². The maximum Gasteiger partial charge on any atom is 0.225 e. The largest absolute Gasteiger partial charge is 0.356 e. The van der Waals surface area contributed by atoms with Crippen LogP contribution in [-0.2, 0) is 4.79 Å². The molecule has 5 rings (SSSR count). The van der Waals surface area contributed by atoms with E-state index in [-0.39, 0.29) is 11.8 Å². The molecule has 34 heavy (non-hydrogen) atoms. The van der Waals surface area contributed by atoms with Crippen LogP contribution in [0.3, 0.4) is 0 Å². The van der Waals surface area contributed by atoms with E-state index in [0.29, 0.717) is 18.7 Å². The van der Waals surface area contributed by atoms with E-state index in [1.54, 1.807) is 36.0 Å². The Morgan fingerprint density at radius 1 is 1.03 bits per heavy atom. The van der Waals surface area contributed by atoms with Crippen LogP contribution in [0.2, 0.25) is 0 Å². The van der Waals surface area contributed by atoms with E-state index in [4.69, 9.17) is 0 Å². The molecular formula is C25H29N7OS. The number of hydrogen-bond acceptors (Lipinski definition) is 8. The Morgan fingerprint density at radius 3 is 2.62 bits per heavy atom. The molecule has 176 valence electrons. The summed E-state index contributed by atoms with van der Waals surface area (Å²) in [5, 5.41) is 10.6. The Bertz CT molecular complexity index is 1240. The Hall–Kier alpha value is -3.25. The molecule has 0 aromatic carbocycles. The van der Waals surface area contributed by atoms with Gasteiger partial charge in [-0.25, -0.2) is 15.0 Å². The minimum Gasteiger partial charge on any atom is -0.356 e. The highest BCUT2D eigenvalue weighted by molar-refractivity contribution is 7.18. The molecule has 2 aliphatic heterocycles. The SMILES string of the molecule is Cc1sc2ncnc(N3CCC(C(=O)N4CCCN(c5ncccc5C#N)CC4)CC3)c2c1C. The van der Waals surface area contributed by atoms with E-state index in [9.17, 15) is 10.1 Å². The van der Waals surface area contributed by atoms with Gasteiger partial charge in [0.05, 0.1) is 10.9 Å². The summed E-state index contributed by atoms with van der Waals surface area (Å²) in [6, 6.07) is 5.82. The number of amides is 1. The fourth-order valence-electron chi connectivity index (χ4n) is 5.09. The monoisotopic (exact) mass is 475 g/mol. The first-order valence-electron chi connectivity index (χ1n) is 11.9. The van der Waals surface area contributed by atoms with Gasteiger partial charge in [0.25, 0.3) is 0 Å².